The first-order valence-electron chi connectivity index (χ1n) is 6.65. The van der Waals surface area contributed by atoms with Crippen LogP contribution in [0.2, 0.25) is 0 Å². The standard InChI is InChI=1S/C15H21N3O/c1-3-13-9-14(18(2)17-13)10-16-15(11-19)12-7-5-4-6-8-12/h4-9,15-16,19H,3,10-11H2,1-2H3. The van der Waals surface area contributed by atoms with Crippen molar-refractivity contribution in [2.45, 2.75) is 25.9 Å². The molecule has 1 aromatic carbocycles. The van der Waals surface area contributed by atoms with Crippen molar-refractivity contribution < 1.29 is 5.11 Å². The first-order chi connectivity index (χ1) is 9.24. The molecule has 4 nitrogen and oxygen atoms in total. The summed E-state index contributed by atoms with van der Waals surface area (Å²) in [5.41, 5.74) is 3.33. The predicted octanol–water partition coefficient (Wildman–Crippen LogP) is 1.81. The Morgan fingerprint density at radius 2 is 2.05 bits per heavy atom. The summed E-state index contributed by atoms with van der Waals surface area (Å²) in [6, 6.07) is 12.1. The van der Waals surface area contributed by atoms with Crippen LogP contribution < -0.4 is 5.32 Å². The molecule has 0 saturated heterocycles. The molecule has 1 aromatic heterocycles. The van der Waals surface area contributed by atoms with E-state index in [4.69, 9.17) is 0 Å². The Kier molecular flexibility index (Phi) is 4.71. The van der Waals surface area contributed by atoms with E-state index in [0.29, 0.717) is 6.54 Å². The third-order valence-corrected chi connectivity index (χ3v) is 3.30. The van der Waals surface area contributed by atoms with E-state index in [9.17, 15) is 5.11 Å². The van der Waals surface area contributed by atoms with Gasteiger partial charge in [0.25, 0.3) is 0 Å². The summed E-state index contributed by atoms with van der Waals surface area (Å²) >= 11 is 0. The Morgan fingerprint density at radius 3 is 2.63 bits per heavy atom. The van der Waals surface area contributed by atoms with E-state index in [2.05, 4.69) is 23.4 Å². The Hall–Kier alpha value is -1.65. The molecule has 102 valence electrons. The molecule has 4 heteroatoms. The number of hydrogen-bond donors (Lipinski definition) is 2. The number of rotatable bonds is 6. The zero-order valence-corrected chi connectivity index (χ0v) is 11.5. The predicted molar refractivity (Wildman–Crippen MR) is 75.7 cm³/mol. The maximum Gasteiger partial charge on any atom is 0.0626 e. The number of benzene rings is 1. The van der Waals surface area contributed by atoms with Crippen LogP contribution in [0.15, 0.2) is 36.4 Å². The van der Waals surface area contributed by atoms with Crippen LogP contribution in [0.4, 0.5) is 0 Å². The highest BCUT2D eigenvalue weighted by molar-refractivity contribution is 5.19. The summed E-state index contributed by atoms with van der Waals surface area (Å²) in [5.74, 6) is 0. The maximum atomic E-state index is 9.49. The van der Waals surface area contributed by atoms with Crippen molar-refractivity contribution in [3.63, 3.8) is 0 Å². The summed E-state index contributed by atoms with van der Waals surface area (Å²) in [7, 11) is 1.95. The molecule has 2 aromatic rings. The molecule has 1 atom stereocenters. The van der Waals surface area contributed by atoms with E-state index in [1.54, 1.807) is 0 Å². The van der Waals surface area contributed by atoms with Crippen molar-refractivity contribution in [2.75, 3.05) is 6.61 Å². The van der Waals surface area contributed by atoms with Gasteiger partial charge in [-0.2, -0.15) is 5.10 Å². The van der Waals surface area contributed by atoms with Crippen molar-refractivity contribution in [1.82, 2.24) is 15.1 Å². The Balaban J connectivity index is 2.02. The molecular formula is C15H21N3O. The highest BCUT2D eigenvalue weighted by atomic mass is 16.3. The third kappa shape index (κ3) is 3.43. The van der Waals surface area contributed by atoms with Crippen molar-refractivity contribution >= 4 is 0 Å². The lowest BCUT2D eigenvalue weighted by Gasteiger charge is -2.16. The second-order valence-corrected chi connectivity index (χ2v) is 4.63. The molecule has 0 aliphatic carbocycles. The fourth-order valence-corrected chi connectivity index (χ4v) is 2.11. The molecule has 0 amide bonds. The number of hydrogen-bond acceptors (Lipinski definition) is 3. The normalized spacial score (nSPS) is 12.6. The summed E-state index contributed by atoms with van der Waals surface area (Å²) in [6.45, 7) is 2.88. The molecule has 2 rings (SSSR count). The van der Waals surface area contributed by atoms with E-state index in [1.807, 2.05) is 42.1 Å². The molecule has 0 aliphatic heterocycles. The van der Waals surface area contributed by atoms with Gasteiger partial charge in [-0.3, -0.25) is 4.68 Å². The topological polar surface area (TPSA) is 50.1 Å². The van der Waals surface area contributed by atoms with Gasteiger partial charge in [0.05, 0.1) is 24.0 Å². The molecule has 0 saturated carbocycles. The monoisotopic (exact) mass is 259 g/mol. The number of aliphatic hydroxyl groups excluding tert-OH is 1. The Bertz CT molecular complexity index is 507. The van der Waals surface area contributed by atoms with Crippen LogP contribution in [0.3, 0.4) is 0 Å². The van der Waals surface area contributed by atoms with E-state index in [1.165, 1.54) is 0 Å². The average Bonchev–Trinajstić information content (AvgIpc) is 2.81. The smallest absolute Gasteiger partial charge is 0.0626 e. The summed E-state index contributed by atoms with van der Waals surface area (Å²) in [6.07, 6.45) is 0.940. The number of aliphatic hydroxyl groups is 1. The second-order valence-electron chi connectivity index (χ2n) is 4.63. The number of aromatic nitrogens is 2. The summed E-state index contributed by atoms with van der Waals surface area (Å²) in [5, 5.41) is 17.3. The largest absolute Gasteiger partial charge is 0.394 e. The highest BCUT2D eigenvalue weighted by Gasteiger charge is 2.11. The zero-order chi connectivity index (χ0) is 13.7. The SMILES string of the molecule is CCc1cc(CNC(CO)c2ccccc2)n(C)n1. The molecule has 0 aliphatic rings. The van der Waals surface area contributed by atoms with Gasteiger partial charge in [-0.05, 0) is 18.1 Å². The van der Waals surface area contributed by atoms with Gasteiger partial charge >= 0.3 is 0 Å². The lowest BCUT2D eigenvalue weighted by molar-refractivity contribution is 0.243. The van der Waals surface area contributed by atoms with Crippen LogP contribution in [-0.4, -0.2) is 21.5 Å². The molecule has 0 radical (unpaired) electrons. The minimum atomic E-state index is -0.0406. The van der Waals surface area contributed by atoms with Crippen molar-refractivity contribution in [3.8, 4) is 0 Å². The number of aryl methyl sites for hydroxylation is 2. The first kappa shape index (κ1) is 13.8. The second kappa shape index (κ2) is 6.50. The molecule has 1 unspecified atom stereocenters. The van der Waals surface area contributed by atoms with Crippen LogP contribution in [0.5, 0.6) is 0 Å². The van der Waals surface area contributed by atoms with Gasteiger partial charge in [0, 0.05) is 13.6 Å². The number of nitrogens with zero attached hydrogens (tertiary/aromatic N) is 2. The van der Waals surface area contributed by atoms with Gasteiger partial charge in [0.1, 0.15) is 0 Å². The van der Waals surface area contributed by atoms with Gasteiger partial charge in [0.2, 0.25) is 0 Å². The van der Waals surface area contributed by atoms with Gasteiger partial charge in [-0.25, -0.2) is 0 Å². The quantitative estimate of drug-likeness (QED) is 0.832. The first-order valence-corrected chi connectivity index (χ1v) is 6.65. The van der Waals surface area contributed by atoms with Gasteiger partial charge in [0.15, 0.2) is 0 Å². The Labute approximate surface area is 114 Å². The molecular weight excluding hydrogens is 238 g/mol. The van der Waals surface area contributed by atoms with Gasteiger partial charge in [-0.15, -0.1) is 0 Å². The van der Waals surface area contributed by atoms with E-state index in [-0.39, 0.29) is 12.6 Å². The van der Waals surface area contributed by atoms with Crippen LogP contribution in [0.25, 0.3) is 0 Å². The fraction of sp³-hybridized carbons (Fsp3) is 0.400. The third-order valence-electron chi connectivity index (χ3n) is 3.30. The lowest BCUT2D eigenvalue weighted by Crippen LogP contribution is -2.24. The maximum absolute atomic E-state index is 9.49. The Morgan fingerprint density at radius 1 is 1.32 bits per heavy atom. The minimum Gasteiger partial charge on any atom is -0.394 e. The van der Waals surface area contributed by atoms with E-state index < -0.39 is 0 Å². The van der Waals surface area contributed by atoms with E-state index >= 15 is 0 Å². The summed E-state index contributed by atoms with van der Waals surface area (Å²) < 4.78 is 1.89. The van der Waals surface area contributed by atoms with Crippen molar-refractivity contribution in [1.29, 1.82) is 0 Å². The zero-order valence-electron chi connectivity index (χ0n) is 11.5. The highest BCUT2D eigenvalue weighted by Crippen LogP contribution is 2.13. The fourth-order valence-electron chi connectivity index (χ4n) is 2.11. The molecule has 1 heterocycles. The van der Waals surface area contributed by atoms with E-state index in [0.717, 1.165) is 23.4 Å². The molecule has 0 spiro atoms. The molecule has 19 heavy (non-hydrogen) atoms. The average molecular weight is 259 g/mol. The summed E-state index contributed by atoms with van der Waals surface area (Å²) in [4.78, 5) is 0. The van der Waals surface area contributed by atoms with Crippen LogP contribution in [-0.2, 0) is 20.0 Å². The molecule has 0 bridgehead atoms. The van der Waals surface area contributed by atoms with Gasteiger partial charge in [-0.1, -0.05) is 37.3 Å². The van der Waals surface area contributed by atoms with Crippen LogP contribution >= 0.6 is 0 Å². The van der Waals surface area contributed by atoms with Crippen LogP contribution in [0, 0.1) is 0 Å². The lowest BCUT2D eigenvalue weighted by atomic mass is 10.1. The number of nitrogens with one attached hydrogen (secondary N) is 1. The van der Waals surface area contributed by atoms with Gasteiger partial charge < -0.3 is 10.4 Å². The van der Waals surface area contributed by atoms with Crippen molar-refractivity contribution in [3.05, 3.63) is 53.3 Å². The minimum absolute atomic E-state index is 0.0406. The molecule has 0 fully saturated rings. The van der Waals surface area contributed by atoms with Crippen molar-refractivity contribution in [2.24, 2.45) is 7.05 Å². The van der Waals surface area contributed by atoms with Crippen LogP contribution in [0.1, 0.15) is 29.9 Å². The molecule has 2 N–H and O–H groups in total.